The Morgan fingerprint density at radius 1 is 1.36 bits per heavy atom. The number of aliphatic hydroxyl groups is 2. The van der Waals surface area contributed by atoms with Gasteiger partial charge in [0.2, 0.25) is 0 Å². The first-order valence-corrected chi connectivity index (χ1v) is 3.69. The zero-order valence-corrected chi connectivity index (χ0v) is 6.10. The van der Waals surface area contributed by atoms with Crippen molar-refractivity contribution in [2.75, 3.05) is 0 Å². The molecule has 1 saturated carbocycles. The summed E-state index contributed by atoms with van der Waals surface area (Å²) in [5.41, 5.74) is 0. The molecule has 1 fully saturated rings. The summed E-state index contributed by atoms with van der Waals surface area (Å²) in [6, 6.07) is 0. The van der Waals surface area contributed by atoms with Gasteiger partial charge in [-0.3, -0.25) is 4.79 Å². The molecule has 3 N–H and O–H groups in total. The van der Waals surface area contributed by atoms with Crippen LogP contribution in [0.3, 0.4) is 0 Å². The Morgan fingerprint density at radius 3 is 2.36 bits per heavy atom. The number of carbonyl (C=O) groups is 1. The van der Waals surface area contributed by atoms with Crippen molar-refractivity contribution in [2.24, 2.45) is 5.92 Å². The zero-order valence-electron chi connectivity index (χ0n) is 6.10. The molecule has 0 aromatic rings. The van der Waals surface area contributed by atoms with Crippen molar-refractivity contribution in [3.05, 3.63) is 0 Å². The molecule has 0 aliphatic heterocycles. The third-order valence-corrected chi connectivity index (χ3v) is 2.15. The van der Waals surface area contributed by atoms with Crippen LogP contribution in [0.25, 0.3) is 0 Å². The maximum absolute atomic E-state index is 10.2. The van der Waals surface area contributed by atoms with E-state index in [1.165, 1.54) is 0 Å². The van der Waals surface area contributed by atoms with Gasteiger partial charge in [-0.15, -0.1) is 0 Å². The van der Waals surface area contributed by atoms with Gasteiger partial charge < -0.3 is 15.3 Å². The molecule has 1 aliphatic carbocycles. The first kappa shape index (κ1) is 8.49. The highest BCUT2D eigenvalue weighted by Crippen LogP contribution is 2.28. The summed E-state index contributed by atoms with van der Waals surface area (Å²) >= 11 is 0. The zero-order chi connectivity index (χ0) is 8.43. The van der Waals surface area contributed by atoms with Crippen LogP contribution >= 0.6 is 0 Å². The highest BCUT2D eigenvalue weighted by atomic mass is 16.4. The van der Waals surface area contributed by atoms with Crippen molar-refractivity contribution in [1.82, 2.24) is 0 Å². The molecule has 1 aliphatic rings. The quantitative estimate of drug-likeness (QED) is 0.513. The van der Waals surface area contributed by atoms with Gasteiger partial charge in [0.25, 0.3) is 0 Å². The van der Waals surface area contributed by atoms with Crippen molar-refractivity contribution in [1.29, 1.82) is 0 Å². The highest BCUT2D eigenvalue weighted by molar-refractivity contribution is 5.67. The Morgan fingerprint density at radius 2 is 2.00 bits per heavy atom. The summed E-state index contributed by atoms with van der Waals surface area (Å²) in [7, 11) is 0. The van der Waals surface area contributed by atoms with Crippen molar-refractivity contribution in [2.45, 2.75) is 31.5 Å². The van der Waals surface area contributed by atoms with Crippen LogP contribution in [-0.2, 0) is 4.79 Å². The summed E-state index contributed by atoms with van der Waals surface area (Å²) in [6.07, 6.45) is -0.489. The fourth-order valence-corrected chi connectivity index (χ4v) is 1.49. The Balaban J connectivity index is 2.42. The predicted octanol–water partition coefficient (Wildman–Crippen LogP) is -0.407. The lowest BCUT2D eigenvalue weighted by Gasteiger charge is -2.13. The maximum Gasteiger partial charge on any atom is 0.303 e. The van der Waals surface area contributed by atoms with Gasteiger partial charge in [-0.25, -0.2) is 0 Å². The minimum absolute atomic E-state index is 0.0434. The summed E-state index contributed by atoms with van der Waals surface area (Å²) in [5.74, 6) is -1.18. The van der Waals surface area contributed by atoms with Gasteiger partial charge in [-0.05, 0) is 18.8 Å². The lowest BCUT2D eigenvalue weighted by Crippen LogP contribution is -2.26. The van der Waals surface area contributed by atoms with Crippen LogP contribution in [0.4, 0.5) is 0 Å². The van der Waals surface area contributed by atoms with E-state index in [-0.39, 0.29) is 12.3 Å². The third-order valence-electron chi connectivity index (χ3n) is 2.15. The van der Waals surface area contributed by atoms with Crippen LogP contribution in [0.5, 0.6) is 0 Å². The van der Waals surface area contributed by atoms with Crippen LogP contribution in [0, 0.1) is 5.92 Å². The Labute approximate surface area is 64.5 Å². The second-order valence-electron chi connectivity index (χ2n) is 2.99. The molecule has 4 heteroatoms. The summed E-state index contributed by atoms with van der Waals surface area (Å²) in [4.78, 5) is 10.2. The number of aliphatic carboxylic acids is 1. The van der Waals surface area contributed by atoms with E-state index in [0.29, 0.717) is 12.8 Å². The number of hydrogen-bond acceptors (Lipinski definition) is 3. The van der Waals surface area contributed by atoms with Gasteiger partial charge in [-0.2, -0.15) is 0 Å². The molecular formula is C7H12O4. The van der Waals surface area contributed by atoms with E-state index in [0.717, 1.165) is 0 Å². The maximum atomic E-state index is 10.2. The van der Waals surface area contributed by atoms with Gasteiger partial charge >= 0.3 is 5.97 Å². The van der Waals surface area contributed by atoms with E-state index in [1.54, 1.807) is 0 Å². The van der Waals surface area contributed by atoms with Gasteiger partial charge in [0.15, 0.2) is 0 Å². The number of rotatable bonds is 2. The van der Waals surface area contributed by atoms with Crippen molar-refractivity contribution < 1.29 is 20.1 Å². The van der Waals surface area contributed by atoms with Crippen LogP contribution in [0.1, 0.15) is 19.3 Å². The molecule has 0 heterocycles. The largest absolute Gasteiger partial charge is 0.481 e. The second kappa shape index (κ2) is 3.19. The monoisotopic (exact) mass is 160 g/mol. The van der Waals surface area contributed by atoms with E-state index in [9.17, 15) is 9.90 Å². The minimum Gasteiger partial charge on any atom is -0.481 e. The SMILES string of the molecule is O=C(O)CC1CCC(O)C1O. The summed E-state index contributed by atoms with van der Waals surface area (Å²) in [6.45, 7) is 0. The molecule has 0 aromatic heterocycles. The lowest BCUT2D eigenvalue weighted by atomic mass is 10.0. The van der Waals surface area contributed by atoms with Crippen LogP contribution in [-0.4, -0.2) is 33.5 Å². The number of carboxylic acids is 1. The fourth-order valence-electron chi connectivity index (χ4n) is 1.49. The molecule has 11 heavy (non-hydrogen) atoms. The van der Waals surface area contributed by atoms with Gasteiger partial charge in [0.05, 0.1) is 18.6 Å². The molecule has 1 rings (SSSR count). The average molecular weight is 160 g/mol. The smallest absolute Gasteiger partial charge is 0.303 e. The molecule has 0 saturated heterocycles. The minimum atomic E-state index is -0.914. The fraction of sp³-hybridized carbons (Fsp3) is 0.857. The molecule has 0 amide bonds. The lowest BCUT2D eigenvalue weighted by molar-refractivity contribution is -0.139. The topological polar surface area (TPSA) is 77.8 Å². The molecule has 3 atom stereocenters. The van der Waals surface area contributed by atoms with E-state index < -0.39 is 18.2 Å². The summed E-state index contributed by atoms with van der Waals surface area (Å²) < 4.78 is 0. The molecule has 3 unspecified atom stereocenters. The normalized spacial score (nSPS) is 37.5. The average Bonchev–Trinajstić information content (AvgIpc) is 2.18. The number of aliphatic hydroxyl groups excluding tert-OH is 2. The summed E-state index contributed by atoms with van der Waals surface area (Å²) in [5, 5.41) is 26.6. The van der Waals surface area contributed by atoms with Gasteiger partial charge in [0.1, 0.15) is 0 Å². The Hall–Kier alpha value is -0.610. The number of carboxylic acid groups (broad SMARTS) is 1. The molecule has 64 valence electrons. The van der Waals surface area contributed by atoms with Crippen molar-refractivity contribution in [3.63, 3.8) is 0 Å². The van der Waals surface area contributed by atoms with Crippen molar-refractivity contribution in [3.8, 4) is 0 Å². The van der Waals surface area contributed by atoms with E-state index in [4.69, 9.17) is 10.2 Å². The second-order valence-corrected chi connectivity index (χ2v) is 2.99. The molecule has 0 bridgehead atoms. The highest BCUT2D eigenvalue weighted by Gasteiger charge is 2.34. The van der Waals surface area contributed by atoms with E-state index >= 15 is 0 Å². The van der Waals surface area contributed by atoms with Gasteiger partial charge in [-0.1, -0.05) is 0 Å². The third kappa shape index (κ3) is 1.91. The van der Waals surface area contributed by atoms with Gasteiger partial charge in [0, 0.05) is 0 Å². The van der Waals surface area contributed by atoms with Crippen LogP contribution in [0.2, 0.25) is 0 Å². The Kier molecular flexibility index (Phi) is 2.46. The number of hydrogen-bond donors (Lipinski definition) is 3. The van der Waals surface area contributed by atoms with E-state index in [1.807, 2.05) is 0 Å². The standard InChI is InChI=1S/C7H12O4/c8-5-2-1-4(7(5)11)3-6(9)10/h4-5,7-8,11H,1-3H2,(H,9,10). The molecule has 0 radical (unpaired) electrons. The predicted molar refractivity (Wildman–Crippen MR) is 37.0 cm³/mol. The van der Waals surface area contributed by atoms with Crippen molar-refractivity contribution >= 4 is 5.97 Å². The van der Waals surface area contributed by atoms with E-state index in [2.05, 4.69) is 0 Å². The molecule has 0 aromatic carbocycles. The van der Waals surface area contributed by atoms with Crippen LogP contribution in [0.15, 0.2) is 0 Å². The first-order valence-electron chi connectivity index (χ1n) is 3.69. The molecular weight excluding hydrogens is 148 g/mol. The first-order chi connectivity index (χ1) is 5.11. The molecule has 4 nitrogen and oxygen atoms in total. The van der Waals surface area contributed by atoms with Crippen LogP contribution < -0.4 is 0 Å². The molecule has 0 spiro atoms. The Bertz CT molecular complexity index is 157.